The smallest absolute Gasteiger partial charge is 0.252 e. The number of anilines is 1. The minimum absolute atomic E-state index is 0.0930. The Morgan fingerprint density at radius 3 is 2.40 bits per heavy atom. The lowest BCUT2D eigenvalue weighted by atomic mass is 9.94. The van der Waals surface area contributed by atoms with Crippen molar-refractivity contribution in [1.82, 2.24) is 20.3 Å². The molecule has 40 heavy (non-hydrogen) atoms. The van der Waals surface area contributed by atoms with Gasteiger partial charge in [-0.1, -0.05) is 54.8 Å². The number of carbonyl (C=O) groups excluding carboxylic acids is 2. The maximum atomic E-state index is 14.5. The standard InChI is InChI=1S/C32H37N5O3/c1-21-14-17-26(20-22(21)2)36(32(39)23(3)37-29-13-9-8-12-28(29)34-35-37)30(24-15-18-27(40-4)19-16-24)31(38)33-25-10-6-5-7-11-25/h8-9,12-20,23,25,30H,5-7,10-11H2,1-4H3,(H,33,38)/t23-,30+/m1/s1. The largest absolute Gasteiger partial charge is 0.497 e. The molecule has 1 saturated carbocycles. The van der Waals surface area contributed by atoms with Gasteiger partial charge >= 0.3 is 0 Å². The zero-order chi connectivity index (χ0) is 28.2. The highest BCUT2D eigenvalue weighted by Crippen LogP contribution is 2.33. The van der Waals surface area contributed by atoms with Crippen LogP contribution in [-0.2, 0) is 9.59 Å². The number of aryl methyl sites for hydroxylation is 2. The van der Waals surface area contributed by atoms with Gasteiger partial charge in [-0.25, -0.2) is 4.68 Å². The van der Waals surface area contributed by atoms with Crippen molar-refractivity contribution in [3.8, 4) is 5.75 Å². The van der Waals surface area contributed by atoms with E-state index in [0.717, 1.165) is 42.3 Å². The zero-order valence-electron chi connectivity index (χ0n) is 23.6. The molecule has 3 aromatic carbocycles. The van der Waals surface area contributed by atoms with Gasteiger partial charge in [0.05, 0.1) is 12.6 Å². The second-order valence-corrected chi connectivity index (χ2v) is 10.7. The second kappa shape index (κ2) is 11.9. The Kier molecular flexibility index (Phi) is 8.14. The number of nitrogens with zero attached hydrogens (tertiary/aromatic N) is 4. The van der Waals surface area contributed by atoms with Gasteiger partial charge in [0, 0.05) is 11.7 Å². The first-order chi connectivity index (χ1) is 19.4. The molecule has 1 aliphatic carbocycles. The second-order valence-electron chi connectivity index (χ2n) is 10.7. The van der Waals surface area contributed by atoms with Crippen LogP contribution in [0.4, 0.5) is 5.69 Å². The summed E-state index contributed by atoms with van der Waals surface area (Å²) >= 11 is 0. The van der Waals surface area contributed by atoms with Crippen LogP contribution >= 0.6 is 0 Å². The minimum Gasteiger partial charge on any atom is -0.497 e. The van der Waals surface area contributed by atoms with Crippen molar-refractivity contribution in [3.63, 3.8) is 0 Å². The van der Waals surface area contributed by atoms with E-state index in [1.54, 1.807) is 16.7 Å². The summed E-state index contributed by atoms with van der Waals surface area (Å²) in [7, 11) is 1.61. The first-order valence-electron chi connectivity index (χ1n) is 14.0. The summed E-state index contributed by atoms with van der Waals surface area (Å²) in [6.45, 7) is 5.86. The van der Waals surface area contributed by atoms with Crippen molar-refractivity contribution in [2.45, 2.75) is 71.0 Å². The van der Waals surface area contributed by atoms with Crippen molar-refractivity contribution in [2.75, 3.05) is 12.0 Å². The number of amides is 2. The van der Waals surface area contributed by atoms with Crippen LogP contribution in [0.15, 0.2) is 66.7 Å². The molecule has 1 aromatic heterocycles. The van der Waals surface area contributed by atoms with Gasteiger partial charge in [-0.15, -0.1) is 5.10 Å². The molecular weight excluding hydrogens is 502 g/mol. The third kappa shape index (κ3) is 5.57. The summed E-state index contributed by atoms with van der Waals surface area (Å²) in [5.41, 5.74) is 4.98. The molecule has 0 bridgehead atoms. The molecule has 1 heterocycles. The molecule has 1 N–H and O–H groups in total. The Labute approximate surface area is 235 Å². The maximum absolute atomic E-state index is 14.5. The summed E-state index contributed by atoms with van der Waals surface area (Å²) in [4.78, 5) is 30.4. The average Bonchev–Trinajstić information content (AvgIpc) is 3.41. The van der Waals surface area contributed by atoms with Crippen LogP contribution in [0.2, 0.25) is 0 Å². The number of nitrogens with one attached hydrogen (secondary N) is 1. The minimum atomic E-state index is -0.889. The van der Waals surface area contributed by atoms with Gasteiger partial charge < -0.3 is 10.1 Å². The van der Waals surface area contributed by atoms with Gasteiger partial charge in [-0.2, -0.15) is 0 Å². The molecule has 2 atom stereocenters. The van der Waals surface area contributed by atoms with E-state index in [0.29, 0.717) is 22.5 Å². The lowest BCUT2D eigenvalue weighted by Crippen LogP contribution is -2.49. The monoisotopic (exact) mass is 539 g/mol. The highest BCUT2D eigenvalue weighted by Gasteiger charge is 2.37. The predicted octanol–water partition coefficient (Wildman–Crippen LogP) is 5.84. The van der Waals surface area contributed by atoms with Crippen LogP contribution in [-0.4, -0.2) is 40.0 Å². The van der Waals surface area contributed by atoms with Crippen molar-refractivity contribution < 1.29 is 14.3 Å². The van der Waals surface area contributed by atoms with Gasteiger partial charge in [0.15, 0.2) is 0 Å². The molecule has 8 heteroatoms. The zero-order valence-corrected chi connectivity index (χ0v) is 23.6. The fourth-order valence-electron chi connectivity index (χ4n) is 5.49. The summed E-state index contributed by atoms with van der Waals surface area (Å²) in [5, 5.41) is 11.9. The summed E-state index contributed by atoms with van der Waals surface area (Å²) < 4.78 is 7.02. The number of methoxy groups -OCH3 is 1. The molecule has 5 rings (SSSR count). The van der Waals surface area contributed by atoms with E-state index in [1.165, 1.54) is 6.42 Å². The van der Waals surface area contributed by atoms with Crippen molar-refractivity contribution >= 4 is 28.5 Å². The SMILES string of the molecule is COc1ccc([C@@H](C(=O)NC2CCCCC2)N(C(=O)[C@@H](C)n2nnc3ccccc32)c2ccc(C)c(C)c2)cc1. The van der Waals surface area contributed by atoms with E-state index in [1.807, 2.05) is 87.5 Å². The number of hydrogen-bond acceptors (Lipinski definition) is 5. The third-order valence-corrected chi connectivity index (χ3v) is 8.00. The molecule has 4 aromatic rings. The van der Waals surface area contributed by atoms with Crippen molar-refractivity contribution in [3.05, 3.63) is 83.4 Å². The molecular formula is C32H37N5O3. The normalized spacial score (nSPS) is 15.4. The van der Waals surface area contributed by atoms with Gasteiger partial charge in [-0.3, -0.25) is 14.5 Å². The number of rotatable bonds is 8. The topological polar surface area (TPSA) is 89.4 Å². The molecule has 0 unspecified atom stereocenters. The summed E-state index contributed by atoms with van der Waals surface area (Å²) in [5.74, 6) is 0.236. The van der Waals surface area contributed by atoms with Gasteiger partial charge in [-0.05, 0) is 86.7 Å². The predicted molar refractivity (Wildman–Crippen MR) is 156 cm³/mol. The highest BCUT2D eigenvalue weighted by molar-refractivity contribution is 6.03. The molecule has 8 nitrogen and oxygen atoms in total. The fourth-order valence-corrected chi connectivity index (χ4v) is 5.49. The molecule has 0 aliphatic heterocycles. The number of para-hydroxylation sites is 1. The summed E-state index contributed by atoms with van der Waals surface area (Å²) in [6.07, 6.45) is 5.26. The van der Waals surface area contributed by atoms with Gasteiger partial charge in [0.25, 0.3) is 5.91 Å². The Morgan fingerprint density at radius 1 is 0.975 bits per heavy atom. The number of ether oxygens (including phenoxy) is 1. The lowest BCUT2D eigenvalue weighted by molar-refractivity contribution is -0.128. The third-order valence-electron chi connectivity index (χ3n) is 8.00. The van der Waals surface area contributed by atoms with Crippen LogP contribution < -0.4 is 15.0 Å². The first kappa shape index (κ1) is 27.4. The highest BCUT2D eigenvalue weighted by atomic mass is 16.5. The molecule has 1 aliphatic rings. The average molecular weight is 540 g/mol. The summed E-state index contributed by atoms with van der Waals surface area (Å²) in [6, 6.07) is 19.3. The van der Waals surface area contributed by atoms with Crippen LogP contribution in [0, 0.1) is 13.8 Å². The van der Waals surface area contributed by atoms with Crippen molar-refractivity contribution in [2.24, 2.45) is 0 Å². The lowest BCUT2D eigenvalue weighted by Gasteiger charge is -2.35. The maximum Gasteiger partial charge on any atom is 0.252 e. The number of fused-ring (bicyclic) bond motifs is 1. The first-order valence-corrected chi connectivity index (χ1v) is 14.0. The Balaban J connectivity index is 1.61. The van der Waals surface area contributed by atoms with Gasteiger partial charge in [0.1, 0.15) is 23.3 Å². The quantitative estimate of drug-likeness (QED) is 0.304. The van der Waals surface area contributed by atoms with Crippen LogP contribution in [0.25, 0.3) is 11.0 Å². The van der Waals surface area contributed by atoms with E-state index < -0.39 is 12.1 Å². The Bertz CT molecular complexity index is 1490. The number of aromatic nitrogens is 3. The number of benzene rings is 3. The van der Waals surface area contributed by atoms with Crippen molar-refractivity contribution in [1.29, 1.82) is 0 Å². The molecule has 2 amide bonds. The van der Waals surface area contributed by atoms with E-state index in [-0.39, 0.29) is 17.9 Å². The van der Waals surface area contributed by atoms with Crippen LogP contribution in [0.3, 0.4) is 0 Å². The molecule has 0 saturated heterocycles. The van der Waals surface area contributed by atoms with E-state index in [2.05, 4.69) is 15.6 Å². The molecule has 0 radical (unpaired) electrons. The van der Waals surface area contributed by atoms with E-state index in [9.17, 15) is 9.59 Å². The van der Waals surface area contributed by atoms with Crippen LogP contribution in [0.5, 0.6) is 5.75 Å². The Hall–Kier alpha value is -4.20. The number of carbonyl (C=O) groups is 2. The van der Waals surface area contributed by atoms with Gasteiger partial charge in [0.2, 0.25) is 5.91 Å². The molecule has 208 valence electrons. The van der Waals surface area contributed by atoms with E-state index in [4.69, 9.17) is 4.74 Å². The van der Waals surface area contributed by atoms with Crippen LogP contribution in [0.1, 0.15) is 67.8 Å². The number of hydrogen-bond donors (Lipinski definition) is 1. The fraction of sp³-hybridized carbons (Fsp3) is 0.375. The van der Waals surface area contributed by atoms with E-state index >= 15 is 0 Å². The Morgan fingerprint density at radius 2 is 1.70 bits per heavy atom. The molecule has 0 spiro atoms. The molecule has 1 fully saturated rings.